The van der Waals surface area contributed by atoms with Crippen molar-refractivity contribution in [3.8, 4) is 0 Å². The number of amides is 1. The lowest BCUT2D eigenvalue weighted by Gasteiger charge is -2.34. The van der Waals surface area contributed by atoms with Crippen LogP contribution in [0.1, 0.15) is 46.2 Å². The second-order valence-electron chi connectivity index (χ2n) is 8.97. The fourth-order valence-corrected chi connectivity index (χ4v) is 4.90. The number of H-pyrrole nitrogens is 1. The number of hydrogen-bond acceptors (Lipinski definition) is 7. The van der Waals surface area contributed by atoms with Crippen LogP contribution < -0.4 is 0 Å². The molecule has 0 bridgehead atoms. The highest BCUT2D eigenvalue weighted by atomic mass is 79.9. The Morgan fingerprint density at radius 3 is 2.74 bits per heavy atom. The largest absolute Gasteiger partial charge is 0.444 e. The molecule has 166 valence electrons. The summed E-state index contributed by atoms with van der Waals surface area (Å²) in [6.07, 6.45) is 1.78. The standard InChI is InChI=1S/C19H24BrN7O4/c1-18(2,3)31-17(28)27-10(6-20)14-15(30-19(4,5)29-14)13(27)9-7-22-12-11(9)23-8-24-16(12)25-26-21/h7-8,10,13-15,22H,6H2,1-5H3/t10-,13+,14-,15+/m1/s1. The Labute approximate surface area is 187 Å². The number of hydrogen-bond donors (Lipinski definition) is 1. The van der Waals surface area contributed by atoms with Crippen molar-refractivity contribution in [3.63, 3.8) is 0 Å². The van der Waals surface area contributed by atoms with Crippen LogP contribution >= 0.6 is 15.9 Å². The zero-order chi connectivity index (χ0) is 22.6. The number of ether oxygens (including phenoxy) is 3. The van der Waals surface area contributed by atoms with E-state index in [1.54, 1.807) is 11.1 Å². The quantitative estimate of drug-likeness (QED) is 0.289. The molecule has 4 atom stereocenters. The number of alkyl halides is 1. The van der Waals surface area contributed by atoms with Crippen molar-refractivity contribution in [1.29, 1.82) is 0 Å². The third-order valence-electron chi connectivity index (χ3n) is 5.20. The van der Waals surface area contributed by atoms with Crippen LogP contribution in [0.4, 0.5) is 10.6 Å². The first-order chi connectivity index (χ1) is 14.6. The minimum atomic E-state index is -0.800. The molecule has 2 saturated heterocycles. The van der Waals surface area contributed by atoms with E-state index < -0.39 is 29.6 Å². The molecular weight excluding hydrogens is 470 g/mol. The van der Waals surface area contributed by atoms with Crippen LogP contribution in [0.15, 0.2) is 17.6 Å². The number of carbonyl (C=O) groups is 1. The Morgan fingerprint density at radius 2 is 2.10 bits per heavy atom. The fraction of sp³-hybridized carbons (Fsp3) is 0.632. The number of carbonyl (C=O) groups excluding carboxylic acids is 1. The average molecular weight is 494 g/mol. The molecule has 4 heterocycles. The van der Waals surface area contributed by atoms with Crippen molar-refractivity contribution in [2.45, 2.75) is 70.3 Å². The van der Waals surface area contributed by atoms with Gasteiger partial charge in [0.15, 0.2) is 11.6 Å². The Hall–Kier alpha value is -2.40. The molecule has 0 radical (unpaired) electrons. The Balaban J connectivity index is 1.85. The number of aromatic amines is 1. The molecule has 4 rings (SSSR count). The number of nitrogens with one attached hydrogen (secondary N) is 1. The van der Waals surface area contributed by atoms with Gasteiger partial charge < -0.3 is 19.2 Å². The summed E-state index contributed by atoms with van der Waals surface area (Å²) in [5.74, 6) is -0.621. The highest BCUT2D eigenvalue weighted by Crippen LogP contribution is 2.49. The second kappa shape index (κ2) is 7.63. The summed E-state index contributed by atoms with van der Waals surface area (Å²) >= 11 is 3.54. The molecule has 2 aliphatic rings. The monoisotopic (exact) mass is 493 g/mol. The number of aromatic nitrogens is 3. The first-order valence-corrected chi connectivity index (χ1v) is 11.0. The molecular formula is C19H24BrN7O4. The molecule has 2 aromatic heterocycles. The lowest BCUT2D eigenvalue weighted by Crippen LogP contribution is -2.46. The molecule has 2 aliphatic heterocycles. The van der Waals surface area contributed by atoms with E-state index in [4.69, 9.17) is 19.7 Å². The molecule has 0 saturated carbocycles. The highest BCUT2D eigenvalue weighted by Gasteiger charge is 2.60. The lowest BCUT2D eigenvalue weighted by atomic mass is 10.0. The SMILES string of the molecule is CC(C)(C)OC(=O)N1[C@H](CBr)[C@H]2OC(C)(C)O[C@H]2[C@@H]1c1c[nH]c2c(N=[N+]=[N-])ncnc12. The van der Waals surface area contributed by atoms with Crippen molar-refractivity contribution in [2.75, 3.05) is 5.33 Å². The number of halogens is 1. The van der Waals surface area contributed by atoms with E-state index in [1.165, 1.54) is 6.33 Å². The van der Waals surface area contributed by atoms with Crippen molar-refractivity contribution in [3.05, 3.63) is 28.5 Å². The van der Waals surface area contributed by atoms with Gasteiger partial charge in [-0.15, -0.1) is 0 Å². The van der Waals surface area contributed by atoms with E-state index >= 15 is 0 Å². The van der Waals surface area contributed by atoms with Gasteiger partial charge in [-0.3, -0.25) is 4.90 Å². The molecule has 0 spiro atoms. The maximum absolute atomic E-state index is 13.3. The van der Waals surface area contributed by atoms with Crippen LogP contribution in [0.25, 0.3) is 21.5 Å². The molecule has 1 N–H and O–H groups in total. The smallest absolute Gasteiger partial charge is 0.411 e. The van der Waals surface area contributed by atoms with Gasteiger partial charge in [0.25, 0.3) is 0 Å². The molecule has 11 nitrogen and oxygen atoms in total. The molecule has 0 aliphatic carbocycles. The molecule has 31 heavy (non-hydrogen) atoms. The number of fused-ring (bicyclic) bond motifs is 2. The van der Waals surface area contributed by atoms with Crippen molar-refractivity contribution in [2.24, 2.45) is 5.11 Å². The number of nitrogens with zero attached hydrogens (tertiary/aromatic N) is 6. The Kier molecular flexibility index (Phi) is 5.37. The number of rotatable bonds is 3. The maximum Gasteiger partial charge on any atom is 0.411 e. The van der Waals surface area contributed by atoms with E-state index in [9.17, 15) is 4.79 Å². The van der Waals surface area contributed by atoms with Gasteiger partial charge in [-0.1, -0.05) is 15.9 Å². The zero-order valence-corrected chi connectivity index (χ0v) is 19.5. The van der Waals surface area contributed by atoms with E-state index in [1.807, 2.05) is 34.6 Å². The summed E-state index contributed by atoms with van der Waals surface area (Å²) in [6, 6.07) is -0.859. The minimum Gasteiger partial charge on any atom is -0.444 e. The predicted octanol–water partition coefficient (Wildman–Crippen LogP) is 4.48. The van der Waals surface area contributed by atoms with Gasteiger partial charge in [-0.25, -0.2) is 14.8 Å². The van der Waals surface area contributed by atoms with Crippen LogP contribution in [0, 0.1) is 0 Å². The first-order valence-electron chi connectivity index (χ1n) is 9.86. The molecule has 2 aromatic rings. The van der Waals surface area contributed by atoms with Crippen molar-refractivity contribution in [1.82, 2.24) is 19.9 Å². The van der Waals surface area contributed by atoms with Gasteiger partial charge in [0.05, 0.1) is 23.1 Å². The molecule has 2 fully saturated rings. The Morgan fingerprint density at radius 1 is 1.39 bits per heavy atom. The number of likely N-dealkylation sites (tertiary alicyclic amines) is 1. The van der Waals surface area contributed by atoms with E-state index in [0.29, 0.717) is 21.9 Å². The maximum atomic E-state index is 13.3. The van der Waals surface area contributed by atoms with Crippen molar-refractivity contribution < 1.29 is 19.0 Å². The van der Waals surface area contributed by atoms with Gasteiger partial charge in [-0.2, -0.15) is 0 Å². The van der Waals surface area contributed by atoms with Crippen LogP contribution in [0.2, 0.25) is 0 Å². The first kappa shape index (κ1) is 21.8. The van der Waals surface area contributed by atoms with Crippen LogP contribution in [0.5, 0.6) is 0 Å². The summed E-state index contributed by atoms with van der Waals surface area (Å²) in [5, 5.41) is 4.10. The van der Waals surface area contributed by atoms with E-state index in [0.717, 1.165) is 0 Å². The normalized spacial score (nSPS) is 27.2. The molecule has 0 aromatic carbocycles. The average Bonchev–Trinajstić information content (AvgIpc) is 3.29. The predicted molar refractivity (Wildman–Crippen MR) is 115 cm³/mol. The van der Waals surface area contributed by atoms with Gasteiger partial charge >= 0.3 is 6.09 Å². The molecule has 1 amide bonds. The minimum absolute atomic E-state index is 0.179. The lowest BCUT2D eigenvalue weighted by molar-refractivity contribution is -0.165. The summed E-state index contributed by atoms with van der Waals surface area (Å²) in [6.45, 7) is 9.16. The third-order valence-corrected chi connectivity index (χ3v) is 5.87. The van der Waals surface area contributed by atoms with E-state index in [-0.39, 0.29) is 18.0 Å². The van der Waals surface area contributed by atoms with Gasteiger partial charge in [-0.05, 0) is 45.3 Å². The molecule has 0 unspecified atom stereocenters. The van der Waals surface area contributed by atoms with Crippen LogP contribution in [-0.4, -0.2) is 60.9 Å². The van der Waals surface area contributed by atoms with Gasteiger partial charge in [0.1, 0.15) is 24.1 Å². The van der Waals surface area contributed by atoms with Crippen LogP contribution in [-0.2, 0) is 14.2 Å². The third kappa shape index (κ3) is 3.84. The van der Waals surface area contributed by atoms with Crippen molar-refractivity contribution >= 4 is 38.9 Å². The fourth-order valence-electron chi connectivity index (χ4n) is 4.22. The van der Waals surface area contributed by atoms with E-state index in [2.05, 4.69) is 40.9 Å². The highest BCUT2D eigenvalue weighted by molar-refractivity contribution is 9.09. The zero-order valence-electron chi connectivity index (χ0n) is 17.9. The topological polar surface area (TPSA) is 138 Å². The second-order valence-corrected chi connectivity index (χ2v) is 9.62. The summed E-state index contributed by atoms with van der Waals surface area (Å²) in [4.78, 5) is 29.3. The number of azide groups is 1. The van der Waals surface area contributed by atoms with Gasteiger partial charge in [0.2, 0.25) is 0 Å². The summed E-state index contributed by atoms with van der Waals surface area (Å²) in [5.41, 5.74) is 9.90. The van der Waals surface area contributed by atoms with Gasteiger partial charge in [0, 0.05) is 22.0 Å². The van der Waals surface area contributed by atoms with Crippen LogP contribution in [0.3, 0.4) is 0 Å². The summed E-state index contributed by atoms with van der Waals surface area (Å²) in [7, 11) is 0. The summed E-state index contributed by atoms with van der Waals surface area (Å²) < 4.78 is 18.1. The Bertz CT molecular complexity index is 1060. The molecule has 12 heteroatoms.